The van der Waals surface area contributed by atoms with Crippen molar-refractivity contribution in [3.8, 4) is 11.1 Å². The number of hydrogen-bond acceptors (Lipinski definition) is 5. The summed E-state index contributed by atoms with van der Waals surface area (Å²) in [7, 11) is 4.07. The fourth-order valence-corrected chi connectivity index (χ4v) is 4.51. The monoisotopic (exact) mass is 422 g/mol. The molecule has 2 fully saturated rings. The van der Waals surface area contributed by atoms with Crippen LogP contribution in [0.5, 0.6) is 0 Å². The smallest absolute Gasteiger partial charge is 0.444 e. The van der Waals surface area contributed by atoms with Crippen LogP contribution in [0.25, 0.3) is 11.1 Å². The molecule has 8 nitrogen and oxygen atoms in total. The van der Waals surface area contributed by atoms with Crippen LogP contribution in [0.1, 0.15) is 37.7 Å². The first-order valence-electron chi connectivity index (χ1n) is 10.9. The van der Waals surface area contributed by atoms with Gasteiger partial charge in [0.25, 0.3) is 0 Å². The molecule has 5 N–H and O–H groups in total. The van der Waals surface area contributed by atoms with Crippen LogP contribution in [-0.2, 0) is 5.41 Å². The molecule has 1 aliphatic carbocycles. The normalized spacial score (nSPS) is 19.6. The van der Waals surface area contributed by atoms with Gasteiger partial charge in [-0.25, -0.2) is 9.97 Å². The van der Waals surface area contributed by atoms with E-state index in [-0.39, 0.29) is 12.0 Å². The van der Waals surface area contributed by atoms with Gasteiger partial charge in [-0.1, -0.05) is 30.7 Å². The lowest BCUT2D eigenvalue weighted by molar-refractivity contribution is 0.177. The molecule has 1 saturated carbocycles. The Labute approximate surface area is 183 Å². The molecule has 2 aliphatic rings. The molecule has 1 aliphatic heterocycles. The van der Waals surface area contributed by atoms with E-state index in [4.69, 9.17) is 16.2 Å². The first-order valence-corrected chi connectivity index (χ1v) is 10.9. The summed E-state index contributed by atoms with van der Waals surface area (Å²) in [5.74, 6) is 0.559. The van der Waals surface area contributed by atoms with Crippen molar-refractivity contribution < 1.29 is 5.11 Å². The van der Waals surface area contributed by atoms with E-state index < -0.39 is 5.41 Å². The van der Waals surface area contributed by atoms with Gasteiger partial charge in [-0.05, 0) is 56.9 Å². The number of rotatable bonds is 4. The summed E-state index contributed by atoms with van der Waals surface area (Å²) in [6, 6.07) is 8.72. The van der Waals surface area contributed by atoms with Crippen LogP contribution in [0.2, 0.25) is 0 Å². The fraction of sp³-hybridized carbons (Fsp3) is 0.478. The van der Waals surface area contributed by atoms with Gasteiger partial charge in [-0.15, -0.1) is 4.99 Å². The second-order valence-corrected chi connectivity index (χ2v) is 8.77. The number of nitrogens with one attached hydrogen (secondary N) is 1. The number of likely N-dealkylation sites (tertiary alicyclic amines) is 1. The standard InChI is InChI=1S/C23H31N7O/c1-29-12-8-19(9-13-29)30(2)22(31)28-20(24)23(10-3-11-23)18-6-4-16(5-7-18)17-14-26-21(25)27-15-17/h4-7,14-15,19H,3,8-13H2,1-2H3,(H2,24,28,31)(H2,25,26,27)/p+1. The summed E-state index contributed by atoms with van der Waals surface area (Å²) in [5.41, 5.74) is 8.19. The van der Waals surface area contributed by atoms with Gasteiger partial charge in [0.05, 0.1) is 5.41 Å². The number of amidine groups is 2. The number of aromatic nitrogens is 2. The van der Waals surface area contributed by atoms with Crippen molar-refractivity contribution in [3.63, 3.8) is 0 Å². The lowest BCUT2D eigenvalue weighted by Crippen LogP contribution is -2.46. The van der Waals surface area contributed by atoms with E-state index in [9.17, 15) is 0 Å². The van der Waals surface area contributed by atoms with Crippen molar-refractivity contribution in [2.75, 3.05) is 32.9 Å². The zero-order valence-corrected chi connectivity index (χ0v) is 18.3. The number of anilines is 1. The molecular weight excluding hydrogens is 390 g/mol. The van der Waals surface area contributed by atoms with E-state index in [1.165, 1.54) is 0 Å². The fourth-order valence-electron chi connectivity index (χ4n) is 4.51. The second-order valence-electron chi connectivity index (χ2n) is 8.77. The highest BCUT2D eigenvalue weighted by molar-refractivity contribution is 5.99. The average Bonchev–Trinajstić information content (AvgIpc) is 2.74. The van der Waals surface area contributed by atoms with E-state index >= 15 is 0 Å². The van der Waals surface area contributed by atoms with Crippen molar-refractivity contribution in [2.45, 2.75) is 43.6 Å². The average molecular weight is 423 g/mol. The molecule has 2 aromatic rings. The van der Waals surface area contributed by atoms with Crippen LogP contribution in [-0.4, -0.2) is 70.0 Å². The number of nitrogens with zero attached hydrogens (tertiary/aromatic N) is 5. The molecular formula is C23H32N7O+. The topological polar surface area (TPSA) is 117 Å². The van der Waals surface area contributed by atoms with Gasteiger partial charge in [0.15, 0.2) is 0 Å². The minimum absolute atomic E-state index is 0.196. The molecule has 0 spiro atoms. The summed E-state index contributed by atoms with van der Waals surface area (Å²) in [6.07, 6.45) is 8.35. The minimum Gasteiger partial charge on any atom is -0.565 e. The third kappa shape index (κ3) is 4.25. The molecule has 0 bridgehead atoms. The molecule has 31 heavy (non-hydrogen) atoms. The molecule has 1 aromatic carbocycles. The Hall–Kier alpha value is -3.00. The van der Waals surface area contributed by atoms with Crippen LogP contribution < -0.4 is 5.73 Å². The van der Waals surface area contributed by atoms with Crippen LogP contribution in [0.4, 0.5) is 5.95 Å². The Balaban J connectivity index is 1.50. The Morgan fingerprint density at radius 1 is 1.16 bits per heavy atom. The highest BCUT2D eigenvalue weighted by atomic mass is 16.3. The zero-order valence-electron chi connectivity index (χ0n) is 18.3. The Bertz CT molecular complexity index is 943. The molecule has 2 heterocycles. The lowest BCUT2D eigenvalue weighted by Gasteiger charge is -2.41. The summed E-state index contributed by atoms with van der Waals surface area (Å²) in [6.45, 7) is 2.07. The number of nitrogens with two attached hydrogens (primary N) is 1. The van der Waals surface area contributed by atoms with E-state index in [1.807, 2.05) is 24.1 Å². The number of nitrogen functional groups attached to an aromatic ring is 1. The Kier molecular flexibility index (Phi) is 5.91. The third-order valence-electron chi connectivity index (χ3n) is 6.89. The van der Waals surface area contributed by atoms with Gasteiger partial charge in [-0.3, -0.25) is 10.3 Å². The van der Waals surface area contributed by atoms with Crippen LogP contribution in [0.3, 0.4) is 0 Å². The molecule has 4 rings (SSSR count). The summed E-state index contributed by atoms with van der Waals surface area (Å²) < 4.78 is 0. The van der Waals surface area contributed by atoms with Crippen LogP contribution in [0, 0.1) is 5.41 Å². The zero-order chi connectivity index (χ0) is 22.0. The Morgan fingerprint density at radius 3 is 2.32 bits per heavy atom. The molecule has 0 atom stereocenters. The molecule has 0 amide bonds. The predicted molar refractivity (Wildman–Crippen MR) is 124 cm³/mol. The van der Waals surface area contributed by atoms with E-state index in [0.29, 0.717) is 11.9 Å². The van der Waals surface area contributed by atoms with Crippen molar-refractivity contribution >= 4 is 17.8 Å². The summed E-state index contributed by atoms with van der Waals surface area (Å²) in [4.78, 5) is 16.9. The van der Waals surface area contributed by atoms with Crippen molar-refractivity contribution in [3.05, 3.63) is 42.2 Å². The lowest BCUT2D eigenvalue weighted by atomic mass is 9.63. The first kappa shape index (κ1) is 21.2. The number of aliphatic imine (C=N–C) groups is 1. The van der Waals surface area contributed by atoms with E-state index in [0.717, 1.165) is 61.9 Å². The van der Waals surface area contributed by atoms with Crippen molar-refractivity contribution in [2.24, 2.45) is 4.99 Å². The highest BCUT2D eigenvalue weighted by Gasteiger charge is 2.44. The summed E-state index contributed by atoms with van der Waals surface area (Å²) >= 11 is 0. The SMILES string of the molecule is CN1CCC(N(C)C([OH2+])=NC(=N)C2(c3ccc(-c4cnc(N)nc4)cc3)CCC2)CC1. The quantitative estimate of drug-likeness (QED) is 0.445. The van der Waals surface area contributed by atoms with Gasteiger partial charge >= 0.3 is 6.02 Å². The van der Waals surface area contributed by atoms with Gasteiger partial charge in [0.2, 0.25) is 5.95 Å². The molecule has 1 aromatic heterocycles. The van der Waals surface area contributed by atoms with E-state index in [1.54, 1.807) is 12.4 Å². The maximum atomic E-state index is 8.77. The molecule has 8 heteroatoms. The highest BCUT2D eigenvalue weighted by Crippen LogP contribution is 2.45. The van der Waals surface area contributed by atoms with Crippen molar-refractivity contribution in [1.82, 2.24) is 19.8 Å². The number of piperidine rings is 1. The number of benzene rings is 1. The third-order valence-corrected chi connectivity index (χ3v) is 6.89. The molecule has 164 valence electrons. The second kappa shape index (κ2) is 8.63. The van der Waals surface area contributed by atoms with Crippen LogP contribution in [0.15, 0.2) is 41.7 Å². The van der Waals surface area contributed by atoms with Gasteiger partial charge in [0.1, 0.15) is 5.84 Å². The summed E-state index contributed by atoms with van der Waals surface area (Å²) in [5, 5.41) is 17.3. The minimum atomic E-state index is -0.393. The van der Waals surface area contributed by atoms with Crippen LogP contribution >= 0.6 is 0 Å². The maximum absolute atomic E-state index is 8.77. The molecule has 0 unspecified atom stereocenters. The Morgan fingerprint density at radius 2 is 1.77 bits per heavy atom. The van der Waals surface area contributed by atoms with Gasteiger partial charge in [-0.2, -0.15) is 0 Å². The van der Waals surface area contributed by atoms with Gasteiger partial charge < -0.3 is 15.7 Å². The van der Waals surface area contributed by atoms with E-state index in [2.05, 4.69) is 39.0 Å². The largest absolute Gasteiger partial charge is 0.565 e. The number of hydrogen-bond donors (Lipinski definition) is 2. The molecule has 1 saturated heterocycles. The van der Waals surface area contributed by atoms with Gasteiger partial charge in [0, 0.05) is 31.0 Å². The first-order chi connectivity index (χ1) is 14.9. The predicted octanol–water partition coefficient (Wildman–Crippen LogP) is 2.23. The maximum Gasteiger partial charge on any atom is 0.444 e. The van der Waals surface area contributed by atoms with Crippen molar-refractivity contribution in [1.29, 1.82) is 5.41 Å². The molecule has 0 radical (unpaired) electrons.